The summed E-state index contributed by atoms with van der Waals surface area (Å²) in [5.41, 5.74) is 5.44. The van der Waals surface area contributed by atoms with E-state index in [0.29, 0.717) is 5.82 Å². The predicted octanol–water partition coefficient (Wildman–Crippen LogP) is 1.11. The van der Waals surface area contributed by atoms with Gasteiger partial charge in [0, 0.05) is 11.5 Å². The van der Waals surface area contributed by atoms with Crippen LogP contribution in [-0.2, 0) is 0 Å². The first-order valence-electron chi connectivity index (χ1n) is 3.65. The second-order valence-corrected chi connectivity index (χ2v) is 2.63. The summed E-state index contributed by atoms with van der Waals surface area (Å²) in [5.74, 6) is 0.429. The molecule has 1 heterocycles. The highest BCUT2D eigenvalue weighted by Gasteiger charge is 1.96. The first-order chi connectivity index (χ1) is 5.77. The highest BCUT2D eigenvalue weighted by Crippen LogP contribution is 2.14. The van der Waals surface area contributed by atoms with Gasteiger partial charge >= 0.3 is 0 Å². The van der Waals surface area contributed by atoms with Gasteiger partial charge in [0.15, 0.2) is 0 Å². The Kier molecular flexibility index (Phi) is 1.37. The topological polar surface area (TPSA) is 58.9 Å². The lowest BCUT2D eigenvalue weighted by molar-refractivity contribution is 1.28. The number of anilines is 1. The van der Waals surface area contributed by atoms with Gasteiger partial charge in [0.05, 0.1) is 0 Å². The van der Waals surface area contributed by atoms with Crippen LogP contribution in [0.5, 0.6) is 0 Å². The number of hydrogen-bond donors (Lipinski definition) is 2. The molecule has 0 bridgehead atoms. The molecule has 0 unspecified atom stereocenters. The summed E-state index contributed by atoms with van der Waals surface area (Å²) in [5, 5.41) is 1.76. The summed E-state index contributed by atoms with van der Waals surface area (Å²) in [6, 6.07) is 9.03. The van der Waals surface area contributed by atoms with Crippen LogP contribution in [0.1, 0.15) is 0 Å². The van der Waals surface area contributed by atoms with Crippen LogP contribution in [0.3, 0.4) is 0 Å². The average Bonchev–Trinajstić information content (AvgIpc) is 2.04. The number of hydrogen-bond acceptors (Lipinski definition) is 2. The van der Waals surface area contributed by atoms with Crippen molar-refractivity contribution in [3.05, 3.63) is 40.7 Å². The van der Waals surface area contributed by atoms with Gasteiger partial charge in [-0.2, -0.15) is 0 Å². The maximum atomic E-state index is 11.0. The van der Waals surface area contributed by atoms with Gasteiger partial charge in [-0.25, -0.2) is 0 Å². The Bertz CT molecular complexity index is 473. The summed E-state index contributed by atoms with van der Waals surface area (Å²) in [4.78, 5) is 13.5. The van der Waals surface area contributed by atoms with Crippen molar-refractivity contribution >= 4 is 16.6 Å². The van der Waals surface area contributed by atoms with Crippen LogP contribution in [0, 0.1) is 0 Å². The monoisotopic (exact) mass is 160 g/mol. The standard InChI is InChI=1S/C9H8N2O/c10-9-7-4-2-1-3-6(7)5-8(12)11-9/h1-5H,(H3,10,11,12). The number of pyridine rings is 1. The zero-order valence-electron chi connectivity index (χ0n) is 6.37. The van der Waals surface area contributed by atoms with Gasteiger partial charge in [0.25, 0.3) is 0 Å². The molecule has 0 saturated heterocycles. The lowest BCUT2D eigenvalue weighted by atomic mass is 10.2. The van der Waals surface area contributed by atoms with Crippen LogP contribution in [-0.4, -0.2) is 4.98 Å². The van der Waals surface area contributed by atoms with E-state index in [1.165, 1.54) is 6.07 Å². The lowest BCUT2D eigenvalue weighted by Gasteiger charge is -1.98. The van der Waals surface area contributed by atoms with E-state index in [-0.39, 0.29) is 5.56 Å². The van der Waals surface area contributed by atoms with E-state index in [9.17, 15) is 4.79 Å². The normalized spacial score (nSPS) is 10.3. The summed E-state index contributed by atoms with van der Waals surface area (Å²) in [7, 11) is 0. The summed E-state index contributed by atoms with van der Waals surface area (Å²) in [6.07, 6.45) is 0. The van der Waals surface area contributed by atoms with Crippen LogP contribution >= 0.6 is 0 Å². The Morgan fingerprint density at radius 1 is 1.25 bits per heavy atom. The Morgan fingerprint density at radius 2 is 2.00 bits per heavy atom. The molecule has 2 aromatic rings. The third kappa shape index (κ3) is 0.955. The smallest absolute Gasteiger partial charge is 0.250 e. The van der Waals surface area contributed by atoms with Gasteiger partial charge in [0.1, 0.15) is 5.82 Å². The van der Waals surface area contributed by atoms with E-state index in [0.717, 1.165) is 10.8 Å². The lowest BCUT2D eigenvalue weighted by Crippen LogP contribution is -2.06. The summed E-state index contributed by atoms with van der Waals surface area (Å²) >= 11 is 0. The molecule has 0 spiro atoms. The Balaban J connectivity index is 2.99. The zero-order chi connectivity index (χ0) is 8.55. The molecule has 1 aromatic heterocycles. The van der Waals surface area contributed by atoms with E-state index < -0.39 is 0 Å². The molecule has 60 valence electrons. The Hall–Kier alpha value is -1.77. The number of fused-ring (bicyclic) bond motifs is 1. The predicted molar refractivity (Wildman–Crippen MR) is 49.0 cm³/mol. The summed E-state index contributed by atoms with van der Waals surface area (Å²) in [6.45, 7) is 0. The van der Waals surface area contributed by atoms with Gasteiger partial charge in [0.2, 0.25) is 5.56 Å². The minimum atomic E-state index is -0.161. The van der Waals surface area contributed by atoms with Gasteiger partial charge in [-0.3, -0.25) is 4.79 Å². The Labute approximate surface area is 68.8 Å². The number of aromatic nitrogens is 1. The molecule has 3 nitrogen and oxygen atoms in total. The average molecular weight is 160 g/mol. The SMILES string of the molecule is Nc1[nH]c(=O)cc2ccccc12. The van der Waals surface area contributed by atoms with Gasteiger partial charge < -0.3 is 10.7 Å². The van der Waals surface area contributed by atoms with Crippen LogP contribution in [0.2, 0.25) is 0 Å². The molecule has 0 fully saturated rings. The minimum Gasteiger partial charge on any atom is -0.385 e. The van der Waals surface area contributed by atoms with Crippen molar-refractivity contribution in [1.29, 1.82) is 0 Å². The second kappa shape index (κ2) is 2.37. The maximum Gasteiger partial charge on any atom is 0.250 e. The quantitative estimate of drug-likeness (QED) is 0.606. The fourth-order valence-corrected chi connectivity index (χ4v) is 1.25. The molecule has 0 radical (unpaired) electrons. The van der Waals surface area contributed by atoms with Crippen LogP contribution in [0.15, 0.2) is 35.1 Å². The van der Waals surface area contributed by atoms with Crippen LogP contribution in [0.4, 0.5) is 5.82 Å². The first kappa shape index (κ1) is 6.91. The molecule has 0 aliphatic rings. The molecule has 0 aliphatic heterocycles. The molecular weight excluding hydrogens is 152 g/mol. The Morgan fingerprint density at radius 3 is 2.83 bits per heavy atom. The zero-order valence-corrected chi connectivity index (χ0v) is 6.37. The molecule has 3 N–H and O–H groups in total. The van der Waals surface area contributed by atoms with Gasteiger partial charge in [-0.1, -0.05) is 24.3 Å². The van der Waals surface area contributed by atoms with E-state index in [4.69, 9.17) is 5.73 Å². The van der Waals surface area contributed by atoms with E-state index in [1.807, 2.05) is 24.3 Å². The van der Waals surface area contributed by atoms with Crippen molar-refractivity contribution in [2.24, 2.45) is 0 Å². The van der Waals surface area contributed by atoms with Crippen molar-refractivity contribution in [2.75, 3.05) is 5.73 Å². The number of aromatic amines is 1. The molecule has 0 amide bonds. The molecule has 0 atom stereocenters. The number of nitrogen functional groups attached to an aromatic ring is 1. The molecule has 3 heteroatoms. The van der Waals surface area contributed by atoms with Crippen LogP contribution < -0.4 is 11.3 Å². The fraction of sp³-hybridized carbons (Fsp3) is 0. The molecular formula is C9H8N2O. The van der Waals surface area contributed by atoms with E-state index >= 15 is 0 Å². The van der Waals surface area contributed by atoms with Crippen molar-refractivity contribution in [2.45, 2.75) is 0 Å². The van der Waals surface area contributed by atoms with Gasteiger partial charge in [-0.05, 0) is 5.39 Å². The first-order valence-corrected chi connectivity index (χ1v) is 3.65. The van der Waals surface area contributed by atoms with E-state index in [2.05, 4.69) is 4.98 Å². The largest absolute Gasteiger partial charge is 0.385 e. The molecule has 12 heavy (non-hydrogen) atoms. The number of nitrogens with one attached hydrogen (secondary N) is 1. The highest BCUT2D eigenvalue weighted by molar-refractivity contribution is 5.90. The number of H-pyrrole nitrogens is 1. The van der Waals surface area contributed by atoms with Crippen molar-refractivity contribution in [3.8, 4) is 0 Å². The van der Waals surface area contributed by atoms with Crippen molar-refractivity contribution in [3.63, 3.8) is 0 Å². The molecule has 0 aliphatic carbocycles. The van der Waals surface area contributed by atoms with Crippen molar-refractivity contribution < 1.29 is 0 Å². The van der Waals surface area contributed by atoms with Crippen LogP contribution in [0.25, 0.3) is 10.8 Å². The number of nitrogens with two attached hydrogens (primary N) is 1. The van der Waals surface area contributed by atoms with Gasteiger partial charge in [-0.15, -0.1) is 0 Å². The summed E-state index contributed by atoms with van der Waals surface area (Å²) < 4.78 is 0. The van der Waals surface area contributed by atoms with E-state index in [1.54, 1.807) is 0 Å². The maximum absolute atomic E-state index is 11.0. The minimum absolute atomic E-state index is 0.161. The van der Waals surface area contributed by atoms with Crippen molar-refractivity contribution in [1.82, 2.24) is 4.98 Å². The molecule has 1 aromatic carbocycles. The highest BCUT2D eigenvalue weighted by atomic mass is 16.1. The second-order valence-electron chi connectivity index (χ2n) is 2.63. The number of rotatable bonds is 0. The molecule has 0 saturated carbocycles. The third-order valence-corrected chi connectivity index (χ3v) is 1.80. The number of benzene rings is 1. The third-order valence-electron chi connectivity index (χ3n) is 1.80. The molecule has 2 rings (SSSR count). The fourth-order valence-electron chi connectivity index (χ4n) is 1.25.